The fourth-order valence-electron chi connectivity index (χ4n) is 5.45. The second-order valence-electron chi connectivity index (χ2n) is 9.16. The second kappa shape index (κ2) is 8.45. The van der Waals surface area contributed by atoms with Crippen molar-refractivity contribution < 1.29 is 19.2 Å². The Morgan fingerprint density at radius 1 is 0.485 bits per heavy atom. The first-order chi connectivity index (χ1) is 16.2. The zero-order valence-electron chi connectivity index (χ0n) is 19.0. The molecule has 2 atom stereocenters. The van der Waals surface area contributed by atoms with Gasteiger partial charge in [0.05, 0.1) is 0 Å². The Balaban J connectivity index is 1.37. The van der Waals surface area contributed by atoms with Crippen LogP contribution in [0.3, 0.4) is 0 Å². The first-order valence-corrected chi connectivity index (χ1v) is 13.5. The molecule has 0 bridgehead atoms. The van der Waals surface area contributed by atoms with Crippen molar-refractivity contribution in [1.82, 2.24) is 0 Å². The number of fused-ring (bicyclic) bond motifs is 2. The second-order valence-corrected chi connectivity index (χ2v) is 11.5. The maximum atomic E-state index is 2.46. The van der Waals surface area contributed by atoms with Crippen LogP contribution in [-0.4, -0.2) is 0 Å². The molecule has 0 nitrogen and oxygen atoms in total. The molecule has 0 aromatic heterocycles. The molecule has 0 spiro atoms. The summed E-state index contributed by atoms with van der Waals surface area (Å²) in [6, 6.07) is 35.5. The number of hydrogen-bond acceptors (Lipinski definition) is 0. The van der Waals surface area contributed by atoms with Crippen LogP contribution in [-0.2, 0) is 19.2 Å². The van der Waals surface area contributed by atoms with Crippen molar-refractivity contribution in [2.45, 2.75) is 22.3 Å². The van der Waals surface area contributed by atoms with Crippen LogP contribution in [0, 0.1) is 0 Å². The predicted octanol–water partition coefficient (Wildman–Crippen LogP) is 8.72. The van der Waals surface area contributed by atoms with E-state index in [0.29, 0.717) is 8.45 Å². The summed E-state index contributed by atoms with van der Waals surface area (Å²) in [7, 11) is 0. The fourth-order valence-corrected chi connectivity index (χ4v) is 8.40. The van der Waals surface area contributed by atoms with Crippen LogP contribution >= 0.6 is 0 Å². The summed E-state index contributed by atoms with van der Waals surface area (Å²) < 4.78 is 1.17. The van der Waals surface area contributed by atoms with Crippen LogP contribution < -0.4 is 0 Å². The maximum absolute atomic E-state index is 2.46. The molecule has 0 aliphatic heterocycles. The molecule has 0 amide bonds. The fraction of sp³-hybridized carbons (Fsp3) is 0.125. The van der Waals surface area contributed by atoms with Crippen LogP contribution in [0.25, 0.3) is 34.4 Å². The monoisotopic (exact) mass is 458 g/mol. The number of hydrogen-bond donors (Lipinski definition) is 0. The van der Waals surface area contributed by atoms with Crippen LogP contribution in [0.2, 0.25) is 0 Å². The van der Waals surface area contributed by atoms with Gasteiger partial charge in [0, 0.05) is 0 Å². The Bertz CT molecular complexity index is 1280. The SMILES string of the molecule is CC1=Cc2c(-c3ccccc3)cccc2[CH]1[Ti][CH]1C(C)=Cc2c(-c3ccccc3)cccc21. The summed E-state index contributed by atoms with van der Waals surface area (Å²) in [6.45, 7) is 4.69. The first-order valence-electron chi connectivity index (χ1n) is 11.7. The van der Waals surface area contributed by atoms with Gasteiger partial charge in [-0.2, -0.15) is 0 Å². The molecule has 6 rings (SSSR count). The van der Waals surface area contributed by atoms with Gasteiger partial charge in [0.25, 0.3) is 0 Å². The van der Waals surface area contributed by atoms with E-state index in [-0.39, 0.29) is 19.2 Å². The zero-order valence-corrected chi connectivity index (χ0v) is 20.6. The van der Waals surface area contributed by atoms with Gasteiger partial charge in [0.2, 0.25) is 0 Å². The van der Waals surface area contributed by atoms with Crippen LogP contribution in [0.1, 0.15) is 44.5 Å². The molecule has 2 unspecified atom stereocenters. The zero-order chi connectivity index (χ0) is 22.4. The van der Waals surface area contributed by atoms with E-state index in [0.717, 1.165) is 0 Å². The van der Waals surface area contributed by atoms with Gasteiger partial charge in [-0.1, -0.05) is 0 Å². The Hall–Kier alpha value is -2.93. The average Bonchev–Trinajstić information content (AvgIpc) is 3.36. The van der Waals surface area contributed by atoms with Crippen molar-refractivity contribution in [1.29, 1.82) is 0 Å². The molecular weight excluding hydrogens is 432 g/mol. The summed E-state index contributed by atoms with van der Waals surface area (Å²) in [5, 5.41) is 0. The Morgan fingerprint density at radius 3 is 1.33 bits per heavy atom. The third-order valence-electron chi connectivity index (χ3n) is 7.06. The van der Waals surface area contributed by atoms with E-state index >= 15 is 0 Å². The molecule has 0 saturated heterocycles. The third kappa shape index (κ3) is 3.59. The molecule has 2 aliphatic carbocycles. The normalized spacial score (nSPS) is 18.4. The Labute approximate surface area is 205 Å². The van der Waals surface area contributed by atoms with Crippen LogP contribution in [0.5, 0.6) is 0 Å². The van der Waals surface area contributed by atoms with Gasteiger partial charge in [-0.3, -0.25) is 0 Å². The molecule has 33 heavy (non-hydrogen) atoms. The topological polar surface area (TPSA) is 0 Å². The Kier molecular flexibility index (Phi) is 5.29. The number of allylic oxidation sites excluding steroid dienone is 2. The molecule has 1 heteroatoms. The minimum atomic E-state index is -0.316. The van der Waals surface area contributed by atoms with Crippen molar-refractivity contribution >= 4 is 12.2 Å². The number of rotatable bonds is 4. The van der Waals surface area contributed by atoms with E-state index < -0.39 is 0 Å². The first kappa shape index (κ1) is 20.7. The molecule has 0 N–H and O–H groups in total. The van der Waals surface area contributed by atoms with Gasteiger partial charge >= 0.3 is 206 Å². The molecule has 0 fully saturated rings. The van der Waals surface area contributed by atoms with Crippen molar-refractivity contribution in [2.75, 3.05) is 0 Å². The molecule has 158 valence electrons. The van der Waals surface area contributed by atoms with Gasteiger partial charge in [0.15, 0.2) is 0 Å². The molecule has 0 radical (unpaired) electrons. The van der Waals surface area contributed by atoms with Gasteiger partial charge in [-0.05, 0) is 0 Å². The summed E-state index contributed by atoms with van der Waals surface area (Å²) in [4.78, 5) is 0. The van der Waals surface area contributed by atoms with E-state index in [1.165, 1.54) is 55.7 Å². The van der Waals surface area contributed by atoms with Crippen molar-refractivity contribution in [2.24, 2.45) is 0 Å². The third-order valence-corrected chi connectivity index (χ3v) is 10.5. The molecule has 4 aromatic rings. The van der Waals surface area contributed by atoms with Gasteiger partial charge in [-0.15, -0.1) is 0 Å². The minimum absolute atomic E-state index is 0.316. The molecule has 4 aromatic carbocycles. The predicted molar refractivity (Wildman–Crippen MR) is 137 cm³/mol. The average molecular weight is 458 g/mol. The number of benzene rings is 4. The van der Waals surface area contributed by atoms with Gasteiger partial charge in [0.1, 0.15) is 0 Å². The van der Waals surface area contributed by atoms with E-state index in [4.69, 9.17) is 0 Å². The van der Waals surface area contributed by atoms with Crippen LogP contribution in [0.4, 0.5) is 0 Å². The molecule has 0 saturated carbocycles. The molecular formula is C32H26Ti. The molecule has 0 heterocycles. The summed E-state index contributed by atoms with van der Waals surface area (Å²) in [5.41, 5.74) is 14.4. The van der Waals surface area contributed by atoms with Gasteiger partial charge in [-0.25, -0.2) is 0 Å². The summed E-state index contributed by atoms with van der Waals surface area (Å²) in [5.74, 6) is 0. The summed E-state index contributed by atoms with van der Waals surface area (Å²) >= 11 is -0.316. The summed E-state index contributed by atoms with van der Waals surface area (Å²) in [6.07, 6.45) is 4.92. The van der Waals surface area contributed by atoms with E-state index in [2.05, 4.69) is 123 Å². The van der Waals surface area contributed by atoms with Crippen molar-refractivity contribution in [3.63, 3.8) is 0 Å². The van der Waals surface area contributed by atoms with Crippen LogP contribution in [0.15, 0.2) is 108 Å². The molecule has 2 aliphatic rings. The van der Waals surface area contributed by atoms with E-state index in [1.807, 2.05) is 0 Å². The van der Waals surface area contributed by atoms with Crippen molar-refractivity contribution in [3.05, 3.63) is 130 Å². The van der Waals surface area contributed by atoms with E-state index in [1.54, 1.807) is 0 Å². The van der Waals surface area contributed by atoms with Gasteiger partial charge < -0.3 is 0 Å². The van der Waals surface area contributed by atoms with Crippen molar-refractivity contribution in [3.8, 4) is 22.3 Å². The quantitative estimate of drug-likeness (QED) is 0.268. The standard InChI is InChI=1S/2C16H13.Ti/c2*1-12-10-14-8-5-9-15(16(14)11-12)13-6-3-2-4-7-13;/h2*2-11H,1H3;. The Morgan fingerprint density at radius 2 is 0.909 bits per heavy atom. The van der Waals surface area contributed by atoms with E-state index in [9.17, 15) is 0 Å².